The first-order valence-electron chi connectivity index (χ1n) is 6.59. The number of carboxylic acids is 1. The highest BCUT2D eigenvalue weighted by atomic mass is 16.4. The van der Waals surface area contributed by atoms with Crippen molar-refractivity contribution in [2.75, 3.05) is 0 Å². The van der Waals surface area contributed by atoms with E-state index in [2.05, 4.69) is 4.98 Å². The maximum atomic E-state index is 11.0. The minimum atomic E-state index is -0.909. The van der Waals surface area contributed by atoms with Crippen LogP contribution in [-0.4, -0.2) is 20.6 Å². The summed E-state index contributed by atoms with van der Waals surface area (Å²) in [6.07, 6.45) is 7.14. The van der Waals surface area contributed by atoms with Gasteiger partial charge in [0.25, 0.3) is 0 Å². The third-order valence-electron chi connectivity index (χ3n) is 3.38. The standard InChI is InChI=1S/C17H14N2O2/c1-12(17(20)21)9-13-11-19(14-5-4-8-18-10-14)16-7-3-2-6-15(13)16/h2-11H,1H3,(H,20,21)/b12-9+. The first-order chi connectivity index (χ1) is 10.2. The maximum Gasteiger partial charge on any atom is 0.331 e. The van der Waals surface area contributed by atoms with E-state index in [0.29, 0.717) is 5.57 Å². The highest BCUT2D eigenvalue weighted by molar-refractivity contribution is 5.97. The maximum absolute atomic E-state index is 11.0. The van der Waals surface area contributed by atoms with Gasteiger partial charge in [-0.1, -0.05) is 18.2 Å². The fraction of sp³-hybridized carbons (Fsp3) is 0.0588. The van der Waals surface area contributed by atoms with Gasteiger partial charge in [-0.05, 0) is 31.2 Å². The Labute approximate surface area is 122 Å². The first kappa shape index (κ1) is 13.1. The van der Waals surface area contributed by atoms with E-state index in [0.717, 1.165) is 22.2 Å². The molecule has 0 fully saturated rings. The van der Waals surface area contributed by atoms with E-state index in [9.17, 15) is 4.79 Å². The molecular weight excluding hydrogens is 264 g/mol. The number of hydrogen-bond donors (Lipinski definition) is 1. The Morgan fingerprint density at radius 1 is 1.24 bits per heavy atom. The van der Waals surface area contributed by atoms with E-state index in [1.807, 2.05) is 47.2 Å². The molecule has 0 bridgehead atoms. The monoisotopic (exact) mass is 278 g/mol. The molecule has 21 heavy (non-hydrogen) atoms. The quantitative estimate of drug-likeness (QED) is 0.746. The van der Waals surface area contributed by atoms with E-state index in [1.54, 1.807) is 25.4 Å². The topological polar surface area (TPSA) is 55.1 Å². The molecule has 0 spiro atoms. The number of aliphatic carboxylic acids is 1. The summed E-state index contributed by atoms with van der Waals surface area (Å²) in [4.78, 5) is 15.2. The van der Waals surface area contributed by atoms with Gasteiger partial charge >= 0.3 is 5.97 Å². The van der Waals surface area contributed by atoms with E-state index in [1.165, 1.54) is 0 Å². The minimum Gasteiger partial charge on any atom is -0.478 e. The summed E-state index contributed by atoms with van der Waals surface area (Å²) in [6, 6.07) is 11.8. The zero-order valence-electron chi connectivity index (χ0n) is 11.5. The average Bonchev–Trinajstić information content (AvgIpc) is 2.87. The molecule has 3 rings (SSSR count). The van der Waals surface area contributed by atoms with Crippen molar-refractivity contribution in [2.45, 2.75) is 6.92 Å². The Kier molecular flexibility index (Phi) is 3.28. The van der Waals surface area contributed by atoms with Crippen LogP contribution in [0.25, 0.3) is 22.7 Å². The molecule has 4 heteroatoms. The van der Waals surface area contributed by atoms with Crippen molar-refractivity contribution >= 4 is 22.9 Å². The zero-order chi connectivity index (χ0) is 14.8. The van der Waals surface area contributed by atoms with Crippen molar-refractivity contribution in [1.29, 1.82) is 0 Å². The normalized spacial score (nSPS) is 11.8. The van der Waals surface area contributed by atoms with Gasteiger partial charge in [0, 0.05) is 28.9 Å². The van der Waals surface area contributed by atoms with Gasteiger partial charge in [0.1, 0.15) is 0 Å². The third-order valence-corrected chi connectivity index (χ3v) is 3.38. The highest BCUT2D eigenvalue weighted by Crippen LogP contribution is 2.26. The van der Waals surface area contributed by atoms with Crippen LogP contribution in [-0.2, 0) is 4.79 Å². The fourth-order valence-electron chi connectivity index (χ4n) is 2.33. The minimum absolute atomic E-state index is 0.309. The molecule has 4 nitrogen and oxygen atoms in total. The van der Waals surface area contributed by atoms with Crippen molar-refractivity contribution in [3.63, 3.8) is 0 Å². The zero-order valence-corrected chi connectivity index (χ0v) is 11.5. The van der Waals surface area contributed by atoms with E-state index in [-0.39, 0.29) is 0 Å². The van der Waals surface area contributed by atoms with Crippen molar-refractivity contribution in [3.8, 4) is 5.69 Å². The summed E-state index contributed by atoms with van der Waals surface area (Å²) >= 11 is 0. The molecule has 0 aliphatic rings. The van der Waals surface area contributed by atoms with Crippen molar-refractivity contribution < 1.29 is 9.90 Å². The van der Waals surface area contributed by atoms with E-state index in [4.69, 9.17) is 5.11 Å². The van der Waals surface area contributed by atoms with Crippen LogP contribution in [0.5, 0.6) is 0 Å². The highest BCUT2D eigenvalue weighted by Gasteiger charge is 2.09. The number of carboxylic acid groups (broad SMARTS) is 1. The molecule has 0 unspecified atom stereocenters. The van der Waals surface area contributed by atoms with Gasteiger partial charge in [-0.15, -0.1) is 0 Å². The molecule has 2 aromatic heterocycles. The van der Waals surface area contributed by atoms with Gasteiger partial charge in [0.2, 0.25) is 0 Å². The Morgan fingerprint density at radius 2 is 2.05 bits per heavy atom. The summed E-state index contributed by atoms with van der Waals surface area (Å²) in [5, 5.41) is 10.1. The lowest BCUT2D eigenvalue weighted by molar-refractivity contribution is -0.132. The molecule has 1 N–H and O–H groups in total. The number of hydrogen-bond acceptors (Lipinski definition) is 2. The van der Waals surface area contributed by atoms with Crippen molar-refractivity contribution in [1.82, 2.24) is 9.55 Å². The van der Waals surface area contributed by atoms with Gasteiger partial charge in [-0.2, -0.15) is 0 Å². The molecule has 0 saturated carbocycles. The van der Waals surface area contributed by atoms with Crippen LogP contribution in [0.15, 0.2) is 60.6 Å². The third kappa shape index (κ3) is 2.43. The Hall–Kier alpha value is -2.88. The Bertz CT molecular complexity index is 832. The predicted octanol–water partition coefficient (Wildman–Crippen LogP) is 3.51. The molecule has 0 amide bonds. The summed E-state index contributed by atoms with van der Waals surface area (Å²) in [6.45, 7) is 1.60. The predicted molar refractivity (Wildman–Crippen MR) is 82.4 cm³/mol. The van der Waals surface area contributed by atoms with Gasteiger partial charge in [0.05, 0.1) is 17.4 Å². The lowest BCUT2D eigenvalue weighted by Gasteiger charge is -2.03. The fourth-order valence-corrected chi connectivity index (χ4v) is 2.33. The SMILES string of the molecule is C/C(=C\c1cn(-c2cccnc2)c2ccccc12)C(=O)O. The number of para-hydroxylation sites is 1. The number of benzene rings is 1. The van der Waals surface area contributed by atoms with Crippen molar-refractivity contribution in [3.05, 3.63) is 66.1 Å². The lowest BCUT2D eigenvalue weighted by Crippen LogP contribution is -1.95. The van der Waals surface area contributed by atoms with Gasteiger partial charge in [-0.3, -0.25) is 4.98 Å². The average molecular weight is 278 g/mol. The van der Waals surface area contributed by atoms with Crippen LogP contribution in [0.1, 0.15) is 12.5 Å². The summed E-state index contributed by atoms with van der Waals surface area (Å²) in [7, 11) is 0. The van der Waals surface area contributed by atoms with Crippen LogP contribution < -0.4 is 0 Å². The molecule has 104 valence electrons. The van der Waals surface area contributed by atoms with Crippen molar-refractivity contribution in [2.24, 2.45) is 0 Å². The summed E-state index contributed by atoms with van der Waals surface area (Å²) in [5.41, 5.74) is 3.16. The van der Waals surface area contributed by atoms with Crippen LogP contribution in [0.2, 0.25) is 0 Å². The van der Waals surface area contributed by atoms with Gasteiger partial charge < -0.3 is 9.67 Å². The second kappa shape index (κ2) is 5.25. The second-order valence-corrected chi connectivity index (χ2v) is 4.82. The van der Waals surface area contributed by atoms with Crippen LogP contribution in [0.3, 0.4) is 0 Å². The Morgan fingerprint density at radius 3 is 2.76 bits per heavy atom. The molecule has 2 heterocycles. The molecule has 1 aromatic carbocycles. The number of nitrogens with zero attached hydrogens (tertiary/aromatic N) is 2. The number of aromatic nitrogens is 2. The second-order valence-electron chi connectivity index (χ2n) is 4.82. The number of pyridine rings is 1. The molecule has 0 aliphatic carbocycles. The molecule has 0 radical (unpaired) electrons. The number of carbonyl (C=O) groups is 1. The summed E-state index contributed by atoms with van der Waals surface area (Å²) in [5.74, 6) is -0.909. The molecule has 0 atom stereocenters. The molecule has 3 aromatic rings. The van der Waals surface area contributed by atoms with Gasteiger partial charge in [0.15, 0.2) is 0 Å². The number of fused-ring (bicyclic) bond motifs is 1. The number of rotatable bonds is 3. The van der Waals surface area contributed by atoms with Crippen LogP contribution in [0.4, 0.5) is 0 Å². The largest absolute Gasteiger partial charge is 0.478 e. The smallest absolute Gasteiger partial charge is 0.331 e. The van der Waals surface area contributed by atoms with Gasteiger partial charge in [-0.25, -0.2) is 4.79 Å². The van der Waals surface area contributed by atoms with Crippen LogP contribution >= 0.6 is 0 Å². The summed E-state index contributed by atoms with van der Waals surface area (Å²) < 4.78 is 2.02. The lowest BCUT2D eigenvalue weighted by atomic mass is 10.1. The van der Waals surface area contributed by atoms with E-state index >= 15 is 0 Å². The van der Waals surface area contributed by atoms with Crippen LogP contribution in [0, 0.1) is 0 Å². The molecular formula is C17H14N2O2. The van der Waals surface area contributed by atoms with E-state index < -0.39 is 5.97 Å². The Balaban J connectivity index is 2.24. The first-order valence-corrected chi connectivity index (χ1v) is 6.59. The molecule has 0 saturated heterocycles. The molecule has 0 aliphatic heterocycles.